The quantitative estimate of drug-likeness (QED) is 0.0371. The molecule has 61 heavy (non-hydrogen) atoms. The molecule has 0 spiro atoms. The zero-order chi connectivity index (χ0) is 44.9. The molecule has 0 aromatic heterocycles. The van der Waals surface area contributed by atoms with E-state index in [9.17, 15) is 24.0 Å². The maximum atomic E-state index is 13.6. The average molecular weight is 837 g/mol. The van der Waals surface area contributed by atoms with Crippen LogP contribution in [0.2, 0.25) is 0 Å². The Morgan fingerprint density at radius 1 is 0.770 bits per heavy atom. The molecule has 0 saturated carbocycles. The number of amides is 3. The number of Topliss-reactive ketones (excluding diaryl/α,β-unsaturated/α-hetero) is 2. The predicted octanol–water partition coefficient (Wildman–Crippen LogP) is 8.67. The van der Waals surface area contributed by atoms with E-state index in [2.05, 4.69) is 103 Å². The van der Waals surface area contributed by atoms with Crippen molar-refractivity contribution in [2.45, 2.75) is 118 Å². The Bertz CT molecular complexity index is 2020. The lowest BCUT2D eigenvalue weighted by atomic mass is 9.81. The van der Waals surface area contributed by atoms with Gasteiger partial charge >= 0.3 is 0 Å². The van der Waals surface area contributed by atoms with Crippen molar-refractivity contribution in [3.05, 3.63) is 82.9 Å². The highest BCUT2D eigenvalue weighted by Crippen LogP contribution is 2.47. The van der Waals surface area contributed by atoms with Crippen molar-refractivity contribution in [1.82, 2.24) is 15.1 Å². The first-order valence-corrected chi connectivity index (χ1v) is 22.0. The van der Waals surface area contributed by atoms with E-state index in [1.165, 1.54) is 24.6 Å². The van der Waals surface area contributed by atoms with Gasteiger partial charge in [0.05, 0.1) is 16.9 Å². The second-order valence-corrected chi connectivity index (χ2v) is 16.7. The second-order valence-electron chi connectivity index (χ2n) is 16.7. The standard InChI is InChI=1S/C48H68N8O5/c1-11-54(12-2)28-16-15-18-43(58)36-21-25-39(46(60)49-27-17-29-55(13-3)14-4)41(30-36)51-45(59)35-19-22-37(23-20-35)52-53-44(33(7)57)47(61)50-38-24-26-40-42(31-38)56(32(5)6)34(8)48(40,9)10/h19-26,30-32,34,44H,11-18,27-29H2,1-10H3,(H,49,60)(H,50,61)(H,51,59). The zero-order valence-corrected chi connectivity index (χ0v) is 38.1. The fraction of sp³-hybridized carbons (Fsp3) is 0.521. The van der Waals surface area contributed by atoms with E-state index < -0.39 is 23.6 Å². The summed E-state index contributed by atoms with van der Waals surface area (Å²) in [7, 11) is 0. The lowest BCUT2D eigenvalue weighted by Gasteiger charge is -2.34. The van der Waals surface area contributed by atoms with Gasteiger partial charge in [0.1, 0.15) is 0 Å². The topological polar surface area (TPSA) is 156 Å². The van der Waals surface area contributed by atoms with Crippen LogP contribution < -0.4 is 20.9 Å². The maximum absolute atomic E-state index is 13.6. The van der Waals surface area contributed by atoms with Gasteiger partial charge in [-0.05, 0) is 140 Å². The molecule has 1 aliphatic heterocycles. The summed E-state index contributed by atoms with van der Waals surface area (Å²) in [5.41, 5.74) is 4.24. The Morgan fingerprint density at radius 2 is 1.39 bits per heavy atom. The van der Waals surface area contributed by atoms with Crippen LogP contribution in [-0.4, -0.2) is 103 Å². The number of benzene rings is 3. The summed E-state index contributed by atoms with van der Waals surface area (Å²) in [6.07, 6.45) is 2.76. The van der Waals surface area contributed by atoms with Gasteiger partial charge in [0, 0.05) is 53.0 Å². The van der Waals surface area contributed by atoms with E-state index in [0.717, 1.165) is 64.2 Å². The van der Waals surface area contributed by atoms with Crippen molar-refractivity contribution in [3.8, 4) is 0 Å². The molecule has 3 aromatic carbocycles. The van der Waals surface area contributed by atoms with Crippen molar-refractivity contribution in [1.29, 1.82) is 0 Å². The molecule has 4 rings (SSSR count). The number of nitrogens with zero attached hydrogens (tertiary/aromatic N) is 5. The van der Waals surface area contributed by atoms with Gasteiger partial charge < -0.3 is 30.7 Å². The van der Waals surface area contributed by atoms with E-state index in [-0.39, 0.29) is 46.0 Å². The monoisotopic (exact) mass is 837 g/mol. The molecule has 2 atom stereocenters. The number of nitrogens with one attached hydrogen (secondary N) is 3. The summed E-state index contributed by atoms with van der Waals surface area (Å²) >= 11 is 0. The summed E-state index contributed by atoms with van der Waals surface area (Å²) < 4.78 is 0. The Morgan fingerprint density at radius 3 is 2.00 bits per heavy atom. The number of ketones is 2. The van der Waals surface area contributed by atoms with Gasteiger partial charge in [0.2, 0.25) is 6.04 Å². The summed E-state index contributed by atoms with van der Waals surface area (Å²) in [5, 5.41) is 17.0. The van der Waals surface area contributed by atoms with Crippen LogP contribution in [0.15, 0.2) is 70.9 Å². The van der Waals surface area contributed by atoms with Crippen LogP contribution in [0.1, 0.15) is 132 Å². The number of anilines is 3. The number of azo groups is 1. The molecule has 0 radical (unpaired) electrons. The third-order valence-electron chi connectivity index (χ3n) is 12.0. The Hall–Kier alpha value is -5.27. The second kappa shape index (κ2) is 22.5. The molecule has 0 bridgehead atoms. The van der Waals surface area contributed by atoms with Crippen molar-refractivity contribution in [3.63, 3.8) is 0 Å². The number of carbonyl (C=O) groups is 5. The summed E-state index contributed by atoms with van der Waals surface area (Å²) in [4.78, 5) is 73.3. The first-order valence-electron chi connectivity index (χ1n) is 22.0. The molecule has 330 valence electrons. The van der Waals surface area contributed by atoms with E-state index in [4.69, 9.17) is 0 Å². The molecule has 13 nitrogen and oxygen atoms in total. The minimum atomic E-state index is -1.38. The molecular weight excluding hydrogens is 769 g/mol. The van der Waals surface area contributed by atoms with Crippen molar-refractivity contribution in [2.24, 2.45) is 10.2 Å². The number of carbonyl (C=O) groups excluding carboxylic acids is 5. The number of hydrogen-bond acceptors (Lipinski definition) is 10. The van der Waals surface area contributed by atoms with Crippen molar-refractivity contribution < 1.29 is 24.0 Å². The lowest BCUT2D eigenvalue weighted by Crippen LogP contribution is -2.42. The molecule has 1 aliphatic rings. The molecule has 0 fully saturated rings. The SMILES string of the molecule is CCN(CC)CCCCC(=O)c1ccc(C(=O)NCCCN(CC)CC)c(NC(=O)c2ccc(N=NC(C(C)=O)C(=O)Nc3ccc4c(c3)N(C(C)C)C(C)C4(C)C)cc2)c1. The fourth-order valence-electron chi connectivity index (χ4n) is 7.87. The molecule has 13 heteroatoms. The molecule has 0 aliphatic carbocycles. The highest BCUT2D eigenvalue weighted by atomic mass is 16.2. The van der Waals surface area contributed by atoms with E-state index in [0.29, 0.717) is 29.9 Å². The Labute approximate surface area is 363 Å². The molecule has 3 amide bonds. The third-order valence-corrected chi connectivity index (χ3v) is 12.0. The van der Waals surface area contributed by atoms with Crippen LogP contribution in [0.4, 0.5) is 22.7 Å². The first-order chi connectivity index (χ1) is 29.0. The summed E-state index contributed by atoms with van der Waals surface area (Å²) in [6.45, 7) is 26.7. The van der Waals surface area contributed by atoms with Crippen LogP contribution in [0.3, 0.4) is 0 Å². The van der Waals surface area contributed by atoms with E-state index in [1.807, 2.05) is 18.2 Å². The molecule has 2 unspecified atom stereocenters. The average Bonchev–Trinajstić information content (AvgIpc) is 3.43. The van der Waals surface area contributed by atoms with Crippen LogP contribution in [-0.2, 0) is 15.0 Å². The minimum absolute atomic E-state index is 0.0581. The molecule has 3 N–H and O–H groups in total. The molecule has 3 aromatic rings. The molecule has 0 saturated heterocycles. The smallest absolute Gasteiger partial charge is 0.258 e. The summed E-state index contributed by atoms with van der Waals surface area (Å²) in [5.74, 6) is -1.97. The van der Waals surface area contributed by atoms with Gasteiger partial charge in [-0.1, -0.05) is 53.7 Å². The predicted molar refractivity (Wildman–Crippen MR) is 246 cm³/mol. The van der Waals surface area contributed by atoms with Crippen LogP contribution in [0, 0.1) is 0 Å². The normalized spacial score (nSPS) is 15.0. The van der Waals surface area contributed by atoms with Crippen molar-refractivity contribution >= 4 is 52.0 Å². The van der Waals surface area contributed by atoms with E-state index >= 15 is 0 Å². The Kier molecular flexibility index (Phi) is 17.9. The van der Waals surface area contributed by atoms with Gasteiger partial charge in [-0.3, -0.25) is 24.0 Å². The van der Waals surface area contributed by atoms with Crippen LogP contribution >= 0.6 is 0 Å². The first kappa shape index (κ1) is 48.4. The van der Waals surface area contributed by atoms with Gasteiger partial charge in [0.25, 0.3) is 17.7 Å². The van der Waals surface area contributed by atoms with Crippen LogP contribution in [0.25, 0.3) is 0 Å². The minimum Gasteiger partial charge on any atom is -0.365 e. The number of unbranched alkanes of at least 4 members (excludes halogenated alkanes) is 1. The van der Waals surface area contributed by atoms with Crippen LogP contribution in [0.5, 0.6) is 0 Å². The highest BCUT2D eigenvalue weighted by Gasteiger charge is 2.43. The van der Waals surface area contributed by atoms with Gasteiger partial charge in [-0.2, -0.15) is 10.2 Å². The Balaban J connectivity index is 1.47. The number of hydrogen-bond donors (Lipinski definition) is 3. The number of fused-ring (bicyclic) bond motifs is 1. The largest absolute Gasteiger partial charge is 0.365 e. The van der Waals surface area contributed by atoms with Crippen molar-refractivity contribution in [2.75, 3.05) is 61.3 Å². The van der Waals surface area contributed by atoms with E-state index in [1.54, 1.807) is 30.3 Å². The number of rotatable bonds is 23. The summed E-state index contributed by atoms with van der Waals surface area (Å²) in [6, 6.07) is 16.0. The van der Waals surface area contributed by atoms with Gasteiger partial charge in [0.15, 0.2) is 11.6 Å². The third kappa shape index (κ3) is 12.6. The maximum Gasteiger partial charge on any atom is 0.258 e. The highest BCUT2D eigenvalue weighted by molar-refractivity contribution is 6.11. The lowest BCUT2D eigenvalue weighted by molar-refractivity contribution is -0.126. The molecule has 1 heterocycles. The fourth-order valence-corrected chi connectivity index (χ4v) is 7.87. The van der Waals surface area contributed by atoms with Gasteiger partial charge in [-0.15, -0.1) is 0 Å². The molecular formula is C48H68N8O5. The van der Waals surface area contributed by atoms with Gasteiger partial charge in [-0.25, -0.2) is 0 Å². The zero-order valence-electron chi connectivity index (χ0n) is 38.1.